The van der Waals surface area contributed by atoms with E-state index in [2.05, 4.69) is 80.6 Å². The first-order valence-electron chi connectivity index (χ1n) is 25.9. The van der Waals surface area contributed by atoms with E-state index in [1.807, 2.05) is 22.7 Å². The number of halogens is 5. The van der Waals surface area contributed by atoms with Crippen LogP contribution in [0, 0.1) is 83.2 Å². The normalized spacial score (nSPS) is 14.5. The zero-order chi connectivity index (χ0) is 62.2. The number of benzene rings is 1. The summed E-state index contributed by atoms with van der Waals surface area (Å²) >= 11 is 0. The Balaban J connectivity index is 0.000000581. The van der Waals surface area contributed by atoms with E-state index in [1.165, 1.54) is 18.6 Å². The number of ether oxygens (including phenoxy) is 7. The second-order valence-corrected chi connectivity index (χ2v) is 16.0. The van der Waals surface area contributed by atoms with Gasteiger partial charge in [-0.2, -0.15) is 15.1 Å². The number of nitrogens with zero attached hydrogens (tertiary/aromatic N) is 6. The molecule has 1 amide bonds. The number of anilines is 3. The molecule has 0 saturated carbocycles. The second-order valence-electron chi connectivity index (χ2n) is 16.0. The summed E-state index contributed by atoms with van der Waals surface area (Å²) in [6.45, 7) is 9.03. The number of amides is 1. The molecule has 0 spiro atoms. The molecule has 3 aliphatic heterocycles. The van der Waals surface area contributed by atoms with E-state index < -0.39 is 61.4 Å². The van der Waals surface area contributed by atoms with Crippen molar-refractivity contribution in [2.24, 2.45) is 0 Å². The van der Waals surface area contributed by atoms with Crippen LogP contribution in [0.5, 0.6) is 0 Å². The van der Waals surface area contributed by atoms with Crippen molar-refractivity contribution in [2.45, 2.75) is 78.4 Å². The minimum Gasteiger partial charge on any atom is -0.472 e. The Morgan fingerprint density at radius 3 is 1.79 bits per heavy atom. The molecule has 2 atom stereocenters. The number of carboxylic acids is 1. The standard InChI is InChI=1S/C21H22F3N9O.C11H16O4.C8H12O2.C6H7FO2.C6H8O3.C4H3FO2/c22-5-1-2-18(34)29-30-19-15-13-26-33(20(15)28-21(25)27-19)11-8-31-6-9-32(10-7-31)17-4-3-14(23)12-16(17)24;1-2-13-10(12)6-5-9-15-11-7-3-4-8-14-11;1-2-6-9-8-5-3-4-7-10-8;2*1-2-9-6(8)4-3-5-7;5-3-1-2-4(6)7/h3-4,12-13H,5-11H2,(H,29,34)(H3,25,27,28,30);11H,2-4,7-9H2,1H3;1,8H,3-7H2;2,5H2,1H3;7H,2,5H2,1H3;3H2,(H,6,7). The number of terminal acetylenes is 1. The maximum atomic E-state index is 14.1. The van der Waals surface area contributed by atoms with E-state index in [9.17, 15) is 45.9 Å². The molecule has 5 heterocycles. The van der Waals surface area contributed by atoms with Gasteiger partial charge >= 0.3 is 29.8 Å². The van der Waals surface area contributed by atoms with Crippen molar-refractivity contribution in [2.75, 3.05) is 122 Å². The van der Waals surface area contributed by atoms with E-state index >= 15 is 0 Å². The molecule has 6 rings (SSSR count). The van der Waals surface area contributed by atoms with Gasteiger partial charge in [0.25, 0.3) is 0 Å². The van der Waals surface area contributed by atoms with Gasteiger partial charge in [-0.1, -0.05) is 35.5 Å². The van der Waals surface area contributed by atoms with Crippen LogP contribution in [-0.4, -0.2) is 183 Å². The van der Waals surface area contributed by atoms with Gasteiger partial charge in [0.05, 0.1) is 43.6 Å². The third-order valence-electron chi connectivity index (χ3n) is 10.1. The summed E-state index contributed by atoms with van der Waals surface area (Å²) in [4.78, 5) is 64.7. The highest BCUT2D eigenvalue weighted by molar-refractivity contribution is 5.95. The van der Waals surface area contributed by atoms with Gasteiger partial charge in [0, 0.05) is 75.7 Å². The quantitative estimate of drug-likeness (QED) is 0.0410. The number of aliphatic hydroxyl groups is 1. The Kier molecular flexibility index (Phi) is 40.9. The van der Waals surface area contributed by atoms with Crippen LogP contribution in [0.2, 0.25) is 0 Å². The first-order chi connectivity index (χ1) is 40.6. The van der Waals surface area contributed by atoms with E-state index in [-0.39, 0.29) is 44.2 Å². The molecule has 3 aromatic rings. The third-order valence-corrected chi connectivity index (χ3v) is 10.1. The van der Waals surface area contributed by atoms with E-state index in [0.29, 0.717) is 75.8 Å². The summed E-state index contributed by atoms with van der Waals surface area (Å²) in [7, 11) is 0. The lowest BCUT2D eigenvalue weighted by atomic mass is 10.2. The number of carbonyl (C=O) groups excluding carboxylic acids is 4. The second kappa shape index (κ2) is 46.9. The summed E-state index contributed by atoms with van der Waals surface area (Å²) in [6, 6.07) is 3.61. The number of alkyl halides is 3. The van der Waals surface area contributed by atoms with Crippen LogP contribution in [0.4, 0.5) is 39.4 Å². The Hall–Kier alpha value is -8.71. The number of fused-ring (bicyclic) bond motifs is 1. The summed E-state index contributed by atoms with van der Waals surface area (Å²) in [5.41, 5.74) is 11.6. The highest BCUT2D eigenvalue weighted by Crippen LogP contribution is 2.23. The minimum absolute atomic E-state index is 0.0178. The van der Waals surface area contributed by atoms with Crippen molar-refractivity contribution < 1.29 is 89.3 Å². The molecule has 3 saturated heterocycles. The van der Waals surface area contributed by atoms with E-state index in [0.717, 1.165) is 51.4 Å². The number of carbonyl (C=O) groups is 5. The largest absolute Gasteiger partial charge is 0.472 e. The Labute approximate surface area is 484 Å². The van der Waals surface area contributed by atoms with Crippen LogP contribution in [0.25, 0.3) is 11.0 Å². The van der Waals surface area contributed by atoms with Crippen molar-refractivity contribution in [3.8, 4) is 71.5 Å². The van der Waals surface area contributed by atoms with Crippen LogP contribution in [0.15, 0.2) is 24.4 Å². The molecule has 0 bridgehead atoms. The molecule has 456 valence electrons. The van der Waals surface area contributed by atoms with Gasteiger partial charge in [-0.15, -0.1) is 6.42 Å². The number of aromatic nitrogens is 4. The highest BCUT2D eigenvalue weighted by atomic mass is 19.1. The summed E-state index contributed by atoms with van der Waals surface area (Å²) < 4.78 is 97.6. The van der Waals surface area contributed by atoms with Gasteiger partial charge in [-0.05, 0) is 77.3 Å². The number of hydrazine groups is 1. The molecule has 23 nitrogen and oxygen atoms in total. The number of aliphatic hydroxyl groups excluding tert-OH is 1. The number of aliphatic carboxylic acids is 1. The van der Waals surface area contributed by atoms with Crippen LogP contribution in [0.1, 0.15) is 59.3 Å². The topological polar surface area (TPSA) is 291 Å². The first kappa shape index (κ1) is 73.3. The first-order valence-corrected chi connectivity index (χ1v) is 25.9. The number of rotatable bonds is 13. The SMILES string of the molecule is C#CCOC1CCCCO1.CCOC(=O)C#CCF.CCOC(=O)C#CCO.CCOC(=O)C#CCOC1CCCCO1.Nc1nc(NNC(=O)C#CCF)c2cnn(CCN3CCN(c4ccc(F)cc4F)CC3)c2n1.O=C(O)C#CCF. The van der Waals surface area contributed by atoms with Gasteiger partial charge < -0.3 is 54.0 Å². The van der Waals surface area contributed by atoms with E-state index in [1.54, 1.807) is 43.5 Å². The molecule has 84 heavy (non-hydrogen) atoms. The number of nitrogen functional groups attached to an aromatic ring is 1. The van der Waals surface area contributed by atoms with Crippen molar-refractivity contribution >= 4 is 58.3 Å². The maximum Gasteiger partial charge on any atom is 0.384 e. The minimum atomic E-state index is -1.29. The summed E-state index contributed by atoms with van der Waals surface area (Å²) in [6.07, 6.45) is 12.8. The Bertz CT molecular complexity index is 2820. The van der Waals surface area contributed by atoms with Gasteiger partial charge in [0.2, 0.25) is 5.95 Å². The van der Waals surface area contributed by atoms with Crippen molar-refractivity contribution in [1.82, 2.24) is 30.1 Å². The Morgan fingerprint density at radius 1 is 0.738 bits per heavy atom. The lowest BCUT2D eigenvalue weighted by molar-refractivity contribution is -0.154. The van der Waals surface area contributed by atoms with Gasteiger partial charge in [0.1, 0.15) is 31.5 Å². The predicted octanol–water partition coefficient (Wildman–Crippen LogP) is 3.30. The molecule has 2 unspecified atom stereocenters. The number of piperazine rings is 1. The lowest BCUT2D eigenvalue weighted by Gasteiger charge is -2.36. The number of nitrogens with two attached hydrogens (primary N) is 1. The van der Waals surface area contributed by atoms with Gasteiger partial charge in [-0.3, -0.25) is 20.5 Å². The zero-order valence-corrected chi connectivity index (χ0v) is 46.7. The monoisotopic (exact) mass is 1190 g/mol. The highest BCUT2D eigenvalue weighted by Gasteiger charge is 2.21. The zero-order valence-electron chi connectivity index (χ0n) is 46.7. The molecule has 6 N–H and O–H groups in total. The molecular weight excluding hydrogens is 1120 g/mol. The van der Waals surface area contributed by atoms with Crippen LogP contribution in [0.3, 0.4) is 0 Å². The predicted molar refractivity (Wildman–Crippen MR) is 296 cm³/mol. The molecule has 3 fully saturated rings. The fraction of sp³-hybridized carbons (Fsp3) is 0.500. The van der Waals surface area contributed by atoms with Gasteiger partial charge in [0.15, 0.2) is 44.1 Å². The number of hydrogen-bond donors (Lipinski definition) is 5. The average molecular weight is 1190 g/mol. The smallest absolute Gasteiger partial charge is 0.384 e. The average Bonchev–Trinajstić information content (AvgIpc) is 3.81. The van der Waals surface area contributed by atoms with Crippen molar-refractivity contribution in [1.29, 1.82) is 0 Å². The summed E-state index contributed by atoms with van der Waals surface area (Å²) in [5, 5.41) is 20.7. The molecule has 28 heteroatoms. The van der Waals surface area contributed by atoms with Crippen molar-refractivity contribution in [3.63, 3.8) is 0 Å². The molecule has 2 aromatic heterocycles. The molecule has 1 aromatic carbocycles. The number of nitrogens with one attached hydrogen (secondary N) is 2. The number of hydrogen-bond acceptors (Lipinski definition) is 20. The number of esters is 3. The molecule has 0 radical (unpaired) electrons. The molecule has 3 aliphatic rings. The molecule has 0 aliphatic carbocycles. The Morgan fingerprint density at radius 2 is 1.29 bits per heavy atom. The maximum absolute atomic E-state index is 14.1. The van der Waals surface area contributed by atoms with E-state index in [4.69, 9.17) is 41.3 Å². The lowest BCUT2D eigenvalue weighted by Crippen LogP contribution is -2.47. The van der Waals surface area contributed by atoms with Crippen LogP contribution < -0.4 is 21.5 Å². The molecular formula is C56H68F5N9O14. The fourth-order valence-electron chi connectivity index (χ4n) is 6.58. The number of carboxylic acid groups (broad SMARTS) is 1. The van der Waals surface area contributed by atoms with Crippen LogP contribution >= 0.6 is 0 Å². The van der Waals surface area contributed by atoms with Crippen molar-refractivity contribution in [3.05, 3.63) is 36.0 Å². The third kappa shape index (κ3) is 34.5. The van der Waals surface area contributed by atoms with Gasteiger partial charge in [-0.25, -0.2) is 45.8 Å². The fourth-order valence-corrected chi connectivity index (χ4v) is 6.58. The summed E-state index contributed by atoms with van der Waals surface area (Å²) in [5.74, 6) is 18.1. The van der Waals surface area contributed by atoms with Crippen LogP contribution in [-0.2, 0) is 63.7 Å².